The Labute approximate surface area is 159 Å². The van der Waals surface area contributed by atoms with Crippen molar-refractivity contribution in [3.8, 4) is 11.1 Å². The third-order valence-electron chi connectivity index (χ3n) is 4.46. The third kappa shape index (κ3) is 5.05. The van der Waals surface area contributed by atoms with Crippen molar-refractivity contribution in [2.45, 2.75) is 13.3 Å². The van der Waals surface area contributed by atoms with Gasteiger partial charge in [-0.1, -0.05) is 0 Å². The average Bonchev–Trinajstić information content (AvgIpc) is 3.10. The highest BCUT2D eigenvalue weighted by molar-refractivity contribution is 5.94. The molecule has 0 aromatic carbocycles. The quantitative estimate of drug-likeness (QED) is 0.706. The van der Waals surface area contributed by atoms with Crippen LogP contribution in [-0.2, 0) is 16.5 Å². The van der Waals surface area contributed by atoms with Crippen molar-refractivity contribution in [2.24, 2.45) is 7.05 Å². The lowest BCUT2D eigenvalue weighted by atomic mass is 10.2. The average molecular weight is 373 g/mol. The van der Waals surface area contributed by atoms with E-state index in [-0.39, 0.29) is 5.91 Å². The lowest BCUT2D eigenvalue weighted by Crippen LogP contribution is -2.37. The number of nitrogens with one attached hydrogen (secondary N) is 1. The van der Waals surface area contributed by atoms with Crippen molar-refractivity contribution >= 4 is 11.9 Å². The molecule has 1 fully saturated rings. The molecule has 2 aromatic rings. The molecule has 146 valence electrons. The van der Waals surface area contributed by atoms with Gasteiger partial charge in [-0.15, -0.1) is 0 Å². The Bertz CT molecular complexity index is 738. The molecule has 0 bridgehead atoms. The number of aromatic nitrogens is 3. The number of carbonyl (C=O) groups excluding carboxylic acids is 1. The maximum absolute atomic E-state index is 12.4. The molecule has 0 aliphatic carbocycles. The normalized spacial score (nSPS) is 14.4. The van der Waals surface area contributed by atoms with Gasteiger partial charge in [0.1, 0.15) is 5.69 Å². The molecule has 1 saturated heterocycles. The smallest absolute Gasteiger partial charge is 0.267 e. The summed E-state index contributed by atoms with van der Waals surface area (Å²) in [7, 11) is 1.86. The van der Waals surface area contributed by atoms with Crippen LogP contribution in [-0.4, -0.2) is 66.5 Å². The molecule has 0 atom stereocenters. The third-order valence-corrected chi connectivity index (χ3v) is 4.46. The van der Waals surface area contributed by atoms with E-state index in [0.717, 1.165) is 30.6 Å². The lowest BCUT2D eigenvalue weighted by Gasteiger charge is -2.26. The first-order chi connectivity index (χ1) is 13.2. The predicted molar refractivity (Wildman–Crippen MR) is 103 cm³/mol. The molecule has 3 rings (SSSR count). The molecule has 8 nitrogen and oxygen atoms in total. The zero-order chi connectivity index (χ0) is 19.1. The molecule has 8 heteroatoms. The van der Waals surface area contributed by atoms with E-state index in [1.54, 1.807) is 12.4 Å². The summed E-state index contributed by atoms with van der Waals surface area (Å²) >= 11 is 0. The second-order valence-electron chi connectivity index (χ2n) is 6.40. The fraction of sp³-hybridized carbons (Fsp3) is 0.526. The number of hydrogen-bond acceptors (Lipinski definition) is 6. The Morgan fingerprint density at radius 1 is 1.26 bits per heavy atom. The predicted octanol–water partition coefficient (Wildman–Crippen LogP) is 1.48. The lowest BCUT2D eigenvalue weighted by molar-refractivity contribution is 0.0936. The largest absolute Gasteiger partial charge is 0.382 e. The van der Waals surface area contributed by atoms with Gasteiger partial charge in [0, 0.05) is 69.6 Å². The number of nitrogens with zero attached hydrogens (tertiary/aromatic N) is 4. The van der Waals surface area contributed by atoms with E-state index >= 15 is 0 Å². The van der Waals surface area contributed by atoms with E-state index in [1.165, 1.54) is 0 Å². The van der Waals surface area contributed by atoms with Gasteiger partial charge in [0.25, 0.3) is 5.91 Å². The number of ether oxygens (including phenoxy) is 2. The van der Waals surface area contributed by atoms with Crippen molar-refractivity contribution < 1.29 is 14.3 Å². The SMILES string of the molecule is CCOCCCNC(=O)c1cc(-c2cnc(N3CCOCC3)nc2)cn1C. The van der Waals surface area contributed by atoms with E-state index in [9.17, 15) is 4.79 Å². The van der Waals surface area contributed by atoms with Crippen LogP contribution in [0.1, 0.15) is 23.8 Å². The van der Waals surface area contributed by atoms with E-state index in [4.69, 9.17) is 9.47 Å². The van der Waals surface area contributed by atoms with Crippen molar-refractivity contribution in [1.29, 1.82) is 0 Å². The summed E-state index contributed by atoms with van der Waals surface area (Å²) in [6.45, 7) is 6.91. The molecule has 2 aromatic heterocycles. The Kier molecular flexibility index (Phi) is 6.78. The standard InChI is InChI=1S/C19H27N5O3/c1-3-26-8-4-5-20-18(25)17-11-15(14-23(17)2)16-12-21-19(22-13-16)24-6-9-27-10-7-24/h11-14H,3-10H2,1-2H3,(H,20,25). The monoisotopic (exact) mass is 373 g/mol. The fourth-order valence-electron chi connectivity index (χ4n) is 2.96. The number of amides is 1. The minimum atomic E-state index is -0.0916. The fourth-order valence-corrected chi connectivity index (χ4v) is 2.96. The molecule has 1 aliphatic rings. The van der Waals surface area contributed by atoms with Crippen molar-refractivity contribution in [3.05, 3.63) is 30.4 Å². The summed E-state index contributed by atoms with van der Waals surface area (Å²) in [5, 5.41) is 2.93. The molecule has 1 amide bonds. The van der Waals surface area contributed by atoms with E-state index < -0.39 is 0 Å². The van der Waals surface area contributed by atoms with Crippen LogP contribution in [0, 0.1) is 0 Å². The van der Waals surface area contributed by atoms with Crippen LogP contribution >= 0.6 is 0 Å². The summed E-state index contributed by atoms with van der Waals surface area (Å²) in [6, 6.07) is 1.87. The summed E-state index contributed by atoms with van der Waals surface area (Å²) < 4.78 is 12.5. The highest BCUT2D eigenvalue weighted by Gasteiger charge is 2.15. The van der Waals surface area contributed by atoms with Crippen LogP contribution in [0.15, 0.2) is 24.7 Å². The van der Waals surface area contributed by atoms with Crippen LogP contribution in [0.3, 0.4) is 0 Å². The molecule has 1 aliphatic heterocycles. The second-order valence-corrected chi connectivity index (χ2v) is 6.40. The molecule has 0 radical (unpaired) electrons. The molecule has 3 heterocycles. The summed E-state index contributed by atoms with van der Waals surface area (Å²) in [6.07, 6.45) is 6.32. The van der Waals surface area contributed by atoms with Crippen LogP contribution in [0.2, 0.25) is 0 Å². The van der Waals surface area contributed by atoms with Crippen LogP contribution in [0.25, 0.3) is 11.1 Å². The summed E-state index contributed by atoms with van der Waals surface area (Å²) in [4.78, 5) is 23.4. The minimum absolute atomic E-state index is 0.0916. The second kappa shape index (κ2) is 9.48. The highest BCUT2D eigenvalue weighted by atomic mass is 16.5. The zero-order valence-electron chi connectivity index (χ0n) is 16.0. The van der Waals surface area contributed by atoms with Gasteiger partial charge in [0.2, 0.25) is 5.95 Å². The number of anilines is 1. The van der Waals surface area contributed by atoms with Gasteiger partial charge in [-0.2, -0.15) is 0 Å². The van der Waals surface area contributed by atoms with Gasteiger partial charge in [0.05, 0.1) is 13.2 Å². The molecule has 0 unspecified atom stereocenters. The van der Waals surface area contributed by atoms with Gasteiger partial charge in [-0.05, 0) is 19.4 Å². The number of aryl methyl sites for hydroxylation is 1. The number of rotatable bonds is 8. The summed E-state index contributed by atoms with van der Waals surface area (Å²) in [5.41, 5.74) is 2.42. The molecule has 27 heavy (non-hydrogen) atoms. The Balaban J connectivity index is 1.62. The summed E-state index contributed by atoms with van der Waals surface area (Å²) in [5.74, 6) is 0.622. The Morgan fingerprint density at radius 2 is 2.00 bits per heavy atom. The molecular weight excluding hydrogens is 346 g/mol. The van der Waals surface area contributed by atoms with Crippen LogP contribution < -0.4 is 10.2 Å². The maximum atomic E-state index is 12.4. The van der Waals surface area contributed by atoms with E-state index in [1.807, 2.05) is 30.8 Å². The van der Waals surface area contributed by atoms with Crippen molar-refractivity contribution in [3.63, 3.8) is 0 Å². The highest BCUT2D eigenvalue weighted by Crippen LogP contribution is 2.22. The number of morpholine rings is 1. The van der Waals surface area contributed by atoms with Gasteiger partial charge < -0.3 is 24.3 Å². The number of carbonyl (C=O) groups is 1. The van der Waals surface area contributed by atoms with E-state index in [2.05, 4.69) is 20.2 Å². The maximum Gasteiger partial charge on any atom is 0.267 e. The zero-order valence-corrected chi connectivity index (χ0v) is 16.0. The van der Waals surface area contributed by atoms with Crippen molar-refractivity contribution in [1.82, 2.24) is 19.9 Å². The minimum Gasteiger partial charge on any atom is -0.382 e. The number of hydrogen-bond donors (Lipinski definition) is 1. The van der Waals surface area contributed by atoms with Gasteiger partial charge >= 0.3 is 0 Å². The molecule has 0 spiro atoms. The van der Waals surface area contributed by atoms with Gasteiger partial charge in [-0.3, -0.25) is 4.79 Å². The molecule has 1 N–H and O–H groups in total. The Morgan fingerprint density at radius 3 is 2.70 bits per heavy atom. The van der Waals surface area contributed by atoms with E-state index in [0.29, 0.717) is 44.6 Å². The topological polar surface area (TPSA) is 81.5 Å². The Hall–Kier alpha value is -2.45. The first-order valence-corrected chi connectivity index (χ1v) is 9.36. The van der Waals surface area contributed by atoms with Crippen LogP contribution in [0.5, 0.6) is 0 Å². The first-order valence-electron chi connectivity index (χ1n) is 9.36. The first kappa shape index (κ1) is 19.3. The van der Waals surface area contributed by atoms with Crippen LogP contribution in [0.4, 0.5) is 5.95 Å². The van der Waals surface area contributed by atoms with Gasteiger partial charge in [0.15, 0.2) is 0 Å². The molecule has 0 saturated carbocycles. The van der Waals surface area contributed by atoms with Gasteiger partial charge in [-0.25, -0.2) is 9.97 Å². The van der Waals surface area contributed by atoms with Crippen molar-refractivity contribution in [2.75, 3.05) is 51.0 Å². The molecular formula is C19H27N5O3.